The van der Waals surface area contributed by atoms with Gasteiger partial charge in [-0.05, 0) is 70.2 Å². The molecule has 1 aromatic carbocycles. The van der Waals surface area contributed by atoms with Gasteiger partial charge in [0, 0.05) is 11.3 Å². The average Bonchev–Trinajstić information content (AvgIpc) is 3.43. The molecule has 0 saturated carbocycles. The van der Waals surface area contributed by atoms with Gasteiger partial charge in [-0.1, -0.05) is 0 Å². The smallest absolute Gasteiger partial charge is 0.185 e. The van der Waals surface area contributed by atoms with E-state index in [1.165, 1.54) is 11.6 Å². The molecule has 0 spiro atoms. The van der Waals surface area contributed by atoms with E-state index in [0.717, 1.165) is 22.4 Å². The zero-order chi connectivity index (χ0) is 24.7. The Morgan fingerprint density at radius 2 is 1.83 bits per heavy atom. The summed E-state index contributed by atoms with van der Waals surface area (Å²) in [6, 6.07) is 13.1. The van der Waals surface area contributed by atoms with E-state index < -0.39 is 12.3 Å². The van der Waals surface area contributed by atoms with E-state index in [1.54, 1.807) is 32.3 Å². The second kappa shape index (κ2) is 8.84. The van der Waals surface area contributed by atoms with Crippen molar-refractivity contribution in [3.8, 4) is 11.6 Å². The number of pyridine rings is 1. The molecule has 0 bridgehead atoms. The molecule has 0 saturated heterocycles. The first kappa shape index (κ1) is 22.5. The number of nitrogens with zero attached hydrogens (tertiary/aromatic N) is 8. The Hall–Kier alpha value is -4.25. The molecule has 178 valence electrons. The van der Waals surface area contributed by atoms with Crippen LogP contribution in [0.3, 0.4) is 0 Å². The predicted octanol–water partition coefficient (Wildman–Crippen LogP) is 4.24. The van der Waals surface area contributed by atoms with Crippen molar-refractivity contribution in [3.05, 3.63) is 71.7 Å². The number of alkyl halides is 1. The Labute approximate surface area is 200 Å². The maximum atomic E-state index is 13.8. The molecule has 35 heavy (non-hydrogen) atoms. The summed E-state index contributed by atoms with van der Waals surface area (Å²) in [4.78, 5) is 13.5. The zero-order valence-electron chi connectivity index (χ0n) is 19.7. The maximum absolute atomic E-state index is 13.8. The van der Waals surface area contributed by atoms with Gasteiger partial charge in [0.1, 0.15) is 18.0 Å². The van der Waals surface area contributed by atoms with E-state index in [9.17, 15) is 9.50 Å². The van der Waals surface area contributed by atoms with Gasteiger partial charge in [0.15, 0.2) is 23.6 Å². The fraction of sp³-hybridized carbons (Fsp3) is 0.250. The average molecular weight is 474 g/mol. The number of benzene rings is 1. The molecule has 0 aliphatic carbocycles. The maximum Gasteiger partial charge on any atom is 0.185 e. The zero-order valence-corrected chi connectivity index (χ0v) is 19.7. The molecule has 0 amide bonds. The lowest BCUT2D eigenvalue weighted by molar-refractivity contribution is 0.198. The van der Waals surface area contributed by atoms with Crippen LogP contribution < -0.4 is 5.32 Å². The standard InChI is InChI=1S/C24H24FN9O/c1-13-5-9-21(31-30-13)28-17-6-8-20-19(11-17)26-12-33(20)22-10-7-18(15(3)35)24(29-22)34-16(4)27-23(32-34)14(2)25/h5-12,14-15,35H,1-4H3,(H,28,31). The number of aliphatic hydroxyl groups is 1. The lowest BCUT2D eigenvalue weighted by atomic mass is 10.1. The van der Waals surface area contributed by atoms with Gasteiger partial charge in [0.05, 0.1) is 22.8 Å². The Morgan fingerprint density at radius 3 is 2.51 bits per heavy atom. The van der Waals surface area contributed by atoms with E-state index in [4.69, 9.17) is 4.98 Å². The third-order valence-corrected chi connectivity index (χ3v) is 5.55. The number of hydrogen-bond donors (Lipinski definition) is 2. The first-order valence-electron chi connectivity index (χ1n) is 11.1. The van der Waals surface area contributed by atoms with Crippen LogP contribution in [-0.4, -0.2) is 44.6 Å². The Morgan fingerprint density at radius 1 is 1.00 bits per heavy atom. The highest BCUT2D eigenvalue weighted by Gasteiger charge is 2.20. The molecule has 10 nitrogen and oxygen atoms in total. The summed E-state index contributed by atoms with van der Waals surface area (Å²) >= 11 is 0. The Balaban J connectivity index is 1.54. The Kier molecular flexibility index (Phi) is 5.69. The lowest BCUT2D eigenvalue weighted by Crippen LogP contribution is -2.11. The molecule has 5 rings (SSSR count). The molecule has 0 fully saturated rings. The molecular formula is C24H24FN9O. The molecule has 0 aliphatic rings. The number of halogens is 1. The predicted molar refractivity (Wildman–Crippen MR) is 129 cm³/mol. The largest absolute Gasteiger partial charge is 0.389 e. The van der Waals surface area contributed by atoms with Gasteiger partial charge in [-0.25, -0.2) is 19.3 Å². The van der Waals surface area contributed by atoms with Gasteiger partial charge in [-0.3, -0.25) is 4.57 Å². The topological polar surface area (TPSA) is 119 Å². The normalized spacial score (nSPS) is 13.2. The summed E-state index contributed by atoms with van der Waals surface area (Å²) in [7, 11) is 0. The van der Waals surface area contributed by atoms with Crippen LogP contribution in [0, 0.1) is 13.8 Å². The number of hydrogen-bond acceptors (Lipinski definition) is 8. The highest BCUT2D eigenvalue weighted by atomic mass is 19.1. The van der Waals surface area contributed by atoms with Crippen molar-refractivity contribution >= 4 is 22.5 Å². The van der Waals surface area contributed by atoms with Crippen LogP contribution in [0.1, 0.15) is 49.0 Å². The van der Waals surface area contributed by atoms with Crippen molar-refractivity contribution in [2.75, 3.05) is 5.32 Å². The number of nitrogens with one attached hydrogen (secondary N) is 1. The highest BCUT2D eigenvalue weighted by molar-refractivity contribution is 5.82. The van der Waals surface area contributed by atoms with Crippen molar-refractivity contribution in [1.82, 2.24) is 39.5 Å². The van der Waals surface area contributed by atoms with Crippen LogP contribution in [-0.2, 0) is 0 Å². The minimum Gasteiger partial charge on any atom is -0.389 e. The number of aliphatic hydroxyl groups excluding tert-OH is 1. The minimum atomic E-state index is -1.32. The first-order chi connectivity index (χ1) is 16.8. The lowest BCUT2D eigenvalue weighted by Gasteiger charge is -2.14. The van der Waals surface area contributed by atoms with Gasteiger partial charge >= 0.3 is 0 Å². The molecule has 2 atom stereocenters. The highest BCUT2D eigenvalue weighted by Crippen LogP contribution is 2.26. The third kappa shape index (κ3) is 4.33. The van der Waals surface area contributed by atoms with Crippen LogP contribution in [0.15, 0.2) is 48.8 Å². The number of aromatic nitrogens is 8. The van der Waals surface area contributed by atoms with Crippen molar-refractivity contribution in [2.24, 2.45) is 0 Å². The number of anilines is 2. The molecule has 2 unspecified atom stereocenters. The van der Waals surface area contributed by atoms with Crippen molar-refractivity contribution in [3.63, 3.8) is 0 Å². The van der Waals surface area contributed by atoms with Gasteiger partial charge in [-0.15, -0.1) is 10.2 Å². The molecule has 0 radical (unpaired) electrons. The molecule has 5 aromatic rings. The van der Waals surface area contributed by atoms with Crippen molar-refractivity contribution in [1.29, 1.82) is 0 Å². The molecule has 2 N–H and O–H groups in total. The van der Waals surface area contributed by atoms with Gasteiger partial charge in [0.2, 0.25) is 0 Å². The van der Waals surface area contributed by atoms with Gasteiger partial charge < -0.3 is 10.4 Å². The Bertz CT molecular complexity index is 1510. The summed E-state index contributed by atoms with van der Waals surface area (Å²) in [5.74, 6) is 2.13. The van der Waals surface area contributed by atoms with Crippen LogP contribution in [0.4, 0.5) is 15.9 Å². The third-order valence-electron chi connectivity index (χ3n) is 5.55. The van der Waals surface area contributed by atoms with E-state index in [1.807, 2.05) is 41.8 Å². The van der Waals surface area contributed by atoms with Crippen LogP contribution in [0.2, 0.25) is 0 Å². The van der Waals surface area contributed by atoms with E-state index in [0.29, 0.717) is 28.8 Å². The van der Waals surface area contributed by atoms with Gasteiger partial charge in [0.25, 0.3) is 0 Å². The quantitative estimate of drug-likeness (QED) is 0.376. The van der Waals surface area contributed by atoms with Gasteiger partial charge in [-0.2, -0.15) is 9.78 Å². The van der Waals surface area contributed by atoms with E-state index >= 15 is 0 Å². The van der Waals surface area contributed by atoms with Crippen molar-refractivity contribution < 1.29 is 9.50 Å². The molecule has 4 heterocycles. The first-order valence-corrected chi connectivity index (χ1v) is 11.1. The molecule has 4 aromatic heterocycles. The number of fused-ring (bicyclic) bond motifs is 1. The second-order valence-corrected chi connectivity index (χ2v) is 8.31. The van der Waals surface area contributed by atoms with E-state index in [2.05, 4.69) is 30.6 Å². The summed E-state index contributed by atoms with van der Waals surface area (Å²) in [6.07, 6.45) is -0.448. The minimum absolute atomic E-state index is 0.0672. The monoisotopic (exact) mass is 473 g/mol. The molecule has 11 heteroatoms. The van der Waals surface area contributed by atoms with Crippen LogP contribution in [0.5, 0.6) is 0 Å². The van der Waals surface area contributed by atoms with E-state index in [-0.39, 0.29) is 5.82 Å². The fourth-order valence-corrected chi connectivity index (χ4v) is 3.75. The molecular weight excluding hydrogens is 449 g/mol. The van der Waals surface area contributed by atoms with Crippen LogP contribution in [0.25, 0.3) is 22.7 Å². The number of aryl methyl sites for hydroxylation is 2. The summed E-state index contributed by atoms with van der Waals surface area (Å²) < 4.78 is 17.1. The van der Waals surface area contributed by atoms with Crippen molar-refractivity contribution in [2.45, 2.75) is 40.0 Å². The second-order valence-electron chi connectivity index (χ2n) is 8.31. The summed E-state index contributed by atoms with van der Waals surface area (Å²) in [5.41, 5.74) is 3.81. The number of imidazole rings is 1. The number of rotatable bonds is 6. The molecule has 0 aliphatic heterocycles. The fourth-order valence-electron chi connectivity index (χ4n) is 3.75. The SMILES string of the molecule is Cc1ccc(Nc2ccc3c(c2)ncn3-c2ccc(C(C)O)c(-n3nc(C(C)F)nc3C)n2)nn1. The summed E-state index contributed by atoms with van der Waals surface area (Å²) in [6.45, 7) is 6.63. The summed E-state index contributed by atoms with van der Waals surface area (Å²) in [5, 5.41) is 26.0. The van der Waals surface area contributed by atoms with Crippen LogP contribution >= 0.6 is 0 Å².